The van der Waals surface area contributed by atoms with Crippen LogP contribution in [0, 0.1) is 18.6 Å². The molecule has 238 valence electrons. The fraction of sp³-hybridized carbons (Fsp3) is 0.0208. The van der Waals surface area contributed by atoms with Gasteiger partial charge < -0.3 is 0 Å². The third-order valence-corrected chi connectivity index (χ3v) is 10.9. The standard InChI is InChI=1S/C48H27F2N/c1-26-23-37-44-38(24-29(49)25-39(44)50)45-34(21-22-40(51-26)46(37)45)30-19-20-36-43-31(30)17-10-18-35(43)47-41(27-11-4-2-5-12-27)32-15-8-9-16-33(32)42(48(36)47)28-13-6-3-7-14-28/h2-25H,1H3. The summed E-state index contributed by atoms with van der Waals surface area (Å²) in [5.41, 5.74) is 15.8. The SMILES string of the molecule is Cc1cc2c3c(c(-c4ccc5c6c(cccc46)-c4c-5c(-c5ccccc5)c5ccccc5c4-c4ccccc4)ccc3n1)-c1cc(F)cc(F)c1-2. The van der Waals surface area contributed by atoms with Crippen LogP contribution in [0.1, 0.15) is 5.69 Å². The Morgan fingerprint density at radius 3 is 1.67 bits per heavy atom. The van der Waals surface area contributed by atoms with Crippen molar-refractivity contribution >= 4 is 32.4 Å². The van der Waals surface area contributed by atoms with Gasteiger partial charge in [0.05, 0.1) is 5.52 Å². The minimum atomic E-state index is -0.587. The summed E-state index contributed by atoms with van der Waals surface area (Å²) >= 11 is 0. The number of aromatic nitrogens is 1. The summed E-state index contributed by atoms with van der Waals surface area (Å²) in [5, 5.41) is 5.59. The molecule has 3 heteroatoms. The lowest BCUT2D eigenvalue weighted by atomic mass is 9.82. The molecule has 51 heavy (non-hydrogen) atoms. The van der Waals surface area contributed by atoms with E-state index in [-0.39, 0.29) is 0 Å². The molecule has 0 unspecified atom stereocenters. The van der Waals surface area contributed by atoms with E-state index < -0.39 is 11.6 Å². The fourth-order valence-corrected chi connectivity index (χ4v) is 9.05. The Kier molecular flexibility index (Phi) is 5.73. The lowest BCUT2D eigenvalue weighted by Gasteiger charge is -2.20. The number of nitrogens with zero attached hydrogens (tertiary/aromatic N) is 1. The molecule has 1 nitrogen and oxygen atoms in total. The Bertz CT molecular complexity index is 2890. The average Bonchev–Trinajstić information content (AvgIpc) is 3.66. The van der Waals surface area contributed by atoms with Crippen LogP contribution in [-0.4, -0.2) is 4.98 Å². The molecule has 8 aromatic carbocycles. The quantitative estimate of drug-likeness (QED) is 0.185. The van der Waals surface area contributed by atoms with Gasteiger partial charge in [0, 0.05) is 28.3 Å². The van der Waals surface area contributed by atoms with Crippen molar-refractivity contribution in [2.45, 2.75) is 6.92 Å². The maximum absolute atomic E-state index is 15.6. The molecule has 0 atom stereocenters. The highest BCUT2D eigenvalue weighted by atomic mass is 19.1. The molecule has 0 radical (unpaired) electrons. The van der Waals surface area contributed by atoms with Gasteiger partial charge in [-0.15, -0.1) is 0 Å². The summed E-state index contributed by atoms with van der Waals surface area (Å²) in [6.45, 7) is 1.92. The highest BCUT2D eigenvalue weighted by Gasteiger charge is 2.33. The van der Waals surface area contributed by atoms with Gasteiger partial charge in [-0.2, -0.15) is 0 Å². The summed E-state index contributed by atoms with van der Waals surface area (Å²) in [5.74, 6) is -1.14. The minimum absolute atomic E-state index is 0.444. The van der Waals surface area contributed by atoms with Gasteiger partial charge in [0.25, 0.3) is 0 Å². The van der Waals surface area contributed by atoms with Gasteiger partial charge >= 0.3 is 0 Å². The second-order valence-corrected chi connectivity index (χ2v) is 13.7. The molecule has 1 aromatic heterocycles. The van der Waals surface area contributed by atoms with E-state index in [1.807, 2.05) is 19.1 Å². The van der Waals surface area contributed by atoms with Crippen LogP contribution in [-0.2, 0) is 0 Å². The van der Waals surface area contributed by atoms with E-state index in [9.17, 15) is 4.39 Å². The largest absolute Gasteiger partial charge is 0.253 e. The highest BCUT2D eigenvalue weighted by molar-refractivity contribution is 6.29. The van der Waals surface area contributed by atoms with Crippen LogP contribution in [0.15, 0.2) is 146 Å². The average molecular weight is 656 g/mol. The molecule has 0 saturated heterocycles. The summed E-state index contributed by atoms with van der Waals surface area (Å²) in [6, 6.07) is 49.7. The van der Waals surface area contributed by atoms with Crippen molar-refractivity contribution < 1.29 is 8.78 Å². The van der Waals surface area contributed by atoms with Gasteiger partial charge in [0.1, 0.15) is 11.6 Å². The van der Waals surface area contributed by atoms with Crippen molar-refractivity contribution in [2.24, 2.45) is 0 Å². The first-order valence-electron chi connectivity index (χ1n) is 17.3. The number of halogens is 2. The monoisotopic (exact) mass is 655 g/mol. The van der Waals surface area contributed by atoms with E-state index in [0.29, 0.717) is 11.1 Å². The Hall–Kier alpha value is -6.45. The smallest absolute Gasteiger partial charge is 0.134 e. The Balaban J connectivity index is 1.28. The molecular weight excluding hydrogens is 629 g/mol. The Labute approximate surface area is 293 Å². The van der Waals surface area contributed by atoms with Crippen LogP contribution in [0.5, 0.6) is 0 Å². The van der Waals surface area contributed by atoms with E-state index in [0.717, 1.165) is 50.3 Å². The van der Waals surface area contributed by atoms with E-state index in [1.165, 1.54) is 66.7 Å². The Morgan fingerprint density at radius 2 is 0.980 bits per heavy atom. The normalized spacial score (nSPS) is 12.2. The molecule has 11 rings (SSSR count). The zero-order chi connectivity index (χ0) is 34.0. The molecule has 2 aliphatic carbocycles. The minimum Gasteiger partial charge on any atom is -0.253 e. The van der Waals surface area contributed by atoms with Gasteiger partial charge in [-0.25, -0.2) is 8.78 Å². The number of hydrogen-bond acceptors (Lipinski definition) is 1. The van der Waals surface area contributed by atoms with E-state index in [1.54, 1.807) is 0 Å². The number of fused-ring (bicyclic) bond motifs is 7. The molecular formula is C48H27F2N. The van der Waals surface area contributed by atoms with Crippen molar-refractivity contribution in [1.82, 2.24) is 4.98 Å². The number of benzene rings is 8. The molecule has 0 N–H and O–H groups in total. The van der Waals surface area contributed by atoms with E-state index >= 15 is 4.39 Å². The fourth-order valence-electron chi connectivity index (χ4n) is 9.05. The number of pyridine rings is 1. The first kappa shape index (κ1) is 28.4. The van der Waals surface area contributed by atoms with Crippen molar-refractivity contribution in [1.29, 1.82) is 0 Å². The maximum Gasteiger partial charge on any atom is 0.134 e. The second-order valence-electron chi connectivity index (χ2n) is 13.7. The summed E-state index contributed by atoms with van der Waals surface area (Å²) in [6.07, 6.45) is 0. The number of hydrogen-bond donors (Lipinski definition) is 0. The van der Waals surface area contributed by atoms with Crippen LogP contribution in [0.2, 0.25) is 0 Å². The van der Waals surface area contributed by atoms with Gasteiger partial charge in [0.2, 0.25) is 0 Å². The zero-order valence-electron chi connectivity index (χ0n) is 27.6. The van der Waals surface area contributed by atoms with Crippen LogP contribution < -0.4 is 0 Å². The molecule has 9 aromatic rings. The molecule has 0 aliphatic heterocycles. The van der Waals surface area contributed by atoms with Gasteiger partial charge in [-0.05, 0) is 113 Å². The van der Waals surface area contributed by atoms with E-state index in [4.69, 9.17) is 4.98 Å². The van der Waals surface area contributed by atoms with Crippen LogP contribution >= 0.6 is 0 Å². The summed E-state index contributed by atoms with van der Waals surface area (Å²) in [4.78, 5) is 4.82. The van der Waals surface area contributed by atoms with Gasteiger partial charge in [-0.3, -0.25) is 4.98 Å². The molecule has 0 fully saturated rings. The predicted molar refractivity (Wildman–Crippen MR) is 207 cm³/mol. The molecule has 0 saturated carbocycles. The summed E-state index contributed by atoms with van der Waals surface area (Å²) in [7, 11) is 0. The first-order chi connectivity index (χ1) is 25.1. The predicted octanol–water partition coefficient (Wildman–Crippen LogP) is 13.4. The van der Waals surface area contributed by atoms with Crippen molar-refractivity contribution in [3.05, 3.63) is 163 Å². The van der Waals surface area contributed by atoms with E-state index in [2.05, 4.69) is 121 Å². The van der Waals surface area contributed by atoms with Crippen molar-refractivity contribution in [2.75, 3.05) is 0 Å². The van der Waals surface area contributed by atoms with Crippen molar-refractivity contribution in [3.63, 3.8) is 0 Å². The maximum atomic E-state index is 15.6. The highest BCUT2D eigenvalue weighted by Crippen LogP contribution is 2.59. The third kappa shape index (κ3) is 3.81. The number of aryl methyl sites for hydroxylation is 1. The van der Waals surface area contributed by atoms with Gasteiger partial charge in [-0.1, -0.05) is 121 Å². The lowest BCUT2D eigenvalue weighted by Crippen LogP contribution is -1.93. The van der Waals surface area contributed by atoms with Crippen LogP contribution in [0.4, 0.5) is 8.78 Å². The molecule has 1 heterocycles. The first-order valence-corrected chi connectivity index (χ1v) is 17.3. The molecule has 0 bridgehead atoms. The third-order valence-electron chi connectivity index (χ3n) is 10.9. The van der Waals surface area contributed by atoms with Crippen molar-refractivity contribution in [3.8, 4) is 77.9 Å². The molecule has 2 aliphatic rings. The zero-order valence-corrected chi connectivity index (χ0v) is 27.6. The van der Waals surface area contributed by atoms with Crippen LogP contribution in [0.3, 0.4) is 0 Å². The second kappa shape index (κ2) is 10.3. The Morgan fingerprint density at radius 1 is 0.392 bits per heavy atom. The lowest BCUT2D eigenvalue weighted by molar-refractivity contribution is 0.587. The molecule has 0 amide bonds. The topological polar surface area (TPSA) is 12.9 Å². The van der Waals surface area contributed by atoms with Crippen LogP contribution in [0.25, 0.3) is 110 Å². The molecule has 0 spiro atoms. The van der Waals surface area contributed by atoms with Gasteiger partial charge in [0.15, 0.2) is 0 Å². The number of rotatable bonds is 3. The summed E-state index contributed by atoms with van der Waals surface area (Å²) < 4.78 is 30.6.